The molecule has 0 amide bonds. The number of likely N-dealkylation sites (N-methyl/N-ethyl adjacent to an activating group) is 1. The molecule has 614 valence electrons. The van der Waals surface area contributed by atoms with E-state index in [0.29, 0.717) is 17.4 Å². The van der Waals surface area contributed by atoms with Gasteiger partial charge in [-0.2, -0.15) is 0 Å². The van der Waals surface area contributed by atoms with Crippen molar-refractivity contribution >= 4 is 19.8 Å². The number of phosphoric ester groups is 1. The van der Waals surface area contributed by atoms with Crippen molar-refractivity contribution in [1.29, 1.82) is 0 Å². The predicted octanol–water partition coefficient (Wildman–Crippen LogP) is 31.1. The molecule has 0 fully saturated rings. The van der Waals surface area contributed by atoms with Gasteiger partial charge in [-0.1, -0.05) is 482 Å². The summed E-state index contributed by atoms with van der Waals surface area (Å²) in [5.41, 5.74) is 0. The molecule has 2 unspecified atom stereocenters. The van der Waals surface area contributed by atoms with Gasteiger partial charge >= 0.3 is 11.9 Å². The number of nitrogens with zero attached hydrogens (tertiary/aromatic N) is 1. The Balaban J connectivity index is 3.80. The number of phosphoric acid groups is 1. The monoisotopic (exact) mass is 1470 g/mol. The zero-order valence-corrected chi connectivity index (χ0v) is 71.5. The van der Waals surface area contributed by atoms with Crippen LogP contribution in [-0.4, -0.2) is 70.0 Å². The SMILES string of the molecule is CCCCCCCCCC/C=C\CCCCCCCCCCCCCCCCCCCCCCCCCCCCCCCC(=O)OC(COC(=O)CCCCCCCCCCCCCCCCCCCCCCCCCCCCCCCCCCCCCCCC)COP(=O)([O-])OCC[N+](C)(C)C. The van der Waals surface area contributed by atoms with Gasteiger partial charge in [-0.05, 0) is 38.5 Å². The van der Waals surface area contributed by atoms with E-state index in [1.54, 1.807) is 0 Å². The number of esters is 2. The molecule has 0 aromatic rings. The molecule has 0 rings (SSSR count). The van der Waals surface area contributed by atoms with Gasteiger partial charge in [0.25, 0.3) is 7.82 Å². The zero-order chi connectivity index (χ0) is 74.7. The van der Waals surface area contributed by atoms with E-state index in [0.717, 1.165) is 32.1 Å². The summed E-state index contributed by atoms with van der Waals surface area (Å²) in [6.45, 7) is 4.35. The molecule has 0 aliphatic carbocycles. The van der Waals surface area contributed by atoms with Crippen LogP contribution in [0.5, 0.6) is 0 Å². The highest BCUT2D eigenvalue weighted by molar-refractivity contribution is 7.45. The van der Waals surface area contributed by atoms with Crippen LogP contribution in [0.3, 0.4) is 0 Å². The highest BCUT2D eigenvalue weighted by Crippen LogP contribution is 2.38. The first-order valence-corrected chi connectivity index (χ1v) is 48.4. The van der Waals surface area contributed by atoms with Gasteiger partial charge in [0.1, 0.15) is 19.8 Å². The fourth-order valence-electron chi connectivity index (χ4n) is 14.9. The first-order chi connectivity index (χ1) is 50.5. The Labute approximate surface area is 645 Å². The topological polar surface area (TPSA) is 111 Å². The molecule has 0 saturated carbocycles. The minimum absolute atomic E-state index is 0.0251. The van der Waals surface area contributed by atoms with Gasteiger partial charge in [0.15, 0.2) is 6.10 Å². The molecule has 0 aromatic heterocycles. The number of allylic oxidation sites excluding steroid dienone is 2. The molecule has 0 bridgehead atoms. The molecule has 0 radical (unpaired) electrons. The van der Waals surface area contributed by atoms with Crippen LogP contribution in [0.1, 0.15) is 521 Å². The average Bonchev–Trinajstić information content (AvgIpc) is 0.971. The second-order valence-corrected chi connectivity index (χ2v) is 35.2. The fourth-order valence-corrected chi connectivity index (χ4v) is 15.6. The summed E-state index contributed by atoms with van der Waals surface area (Å²) < 4.78 is 34.5. The van der Waals surface area contributed by atoms with Crippen molar-refractivity contribution in [2.24, 2.45) is 0 Å². The summed E-state index contributed by atoms with van der Waals surface area (Å²) in [6.07, 6.45) is 110. The minimum atomic E-state index is -4.64. The molecule has 103 heavy (non-hydrogen) atoms. The standard InChI is InChI=1S/C93H184NO8P/c1-6-8-10-12-14-16-18-20-22-24-26-28-30-32-34-36-38-40-42-44-46-47-48-50-52-54-56-58-60-62-64-66-68-70-72-74-76-78-80-82-84-86-93(96)102-91(90-101-103(97,98)100-88-87-94(3,4)5)89-99-92(95)85-83-81-79-77-75-73-71-69-67-65-63-61-59-57-55-53-51-49-45-43-41-39-37-35-33-31-29-27-25-23-21-19-17-15-13-11-9-7-2/h24,26,91H,6-23,25,27-90H2,1-5H3/b26-24-. The molecule has 10 heteroatoms. The van der Waals surface area contributed by atoms with Crippen molar-refractivity contribution in [2.45, 2.75) is 527 Å². The number of carbonyl (C=O) groups is 2. The smallest absolute Gasteiger partial charge is 0.306 e. The van der Waals surface area contributed by atoms with Crippen molar-refractivity contribution < 1.29 is 42.1 Å². The first kappa shape index (κ1) is 102. The fraction of sp³-hybridized carbons (Fsp3) is 0.957. The van der Waals surface area contributed by atoms with Crippen LogP contribution in [0, 0.1) is 0 Å². The molecule has 0 aliphatic heterocycles. The molecule has 9 nitrogen and oxygen atoms in total. The first-order valence-electron chi connectivity index (χ1n) is 46.9. The van der Waals surface area contributed by atoms with Crippen LogP contribution >= 0.6 is 7.82 Å². The Hall–Kier alpha value is -1.25. The highest BCUT2D eigenvalue weighted by atomic mass is 31.2. The van der Waals surface area contributed by atoms with Crippen molar-refractivity contribution in [1.82, 2.24) is 0 Å². The van der Waals surface area contributed by atoms with Crippen molar-refractivity contribution in [2.75, 3.05) is 47.5 Å². The average molecular weight is 1480 g/mol. The Morgan fingerprint density at radius 3 is 0.718 bits per heavy atom. The third kappa shape index (κ3) is 89.5. The lowest BCUT2D eigenvalue weighted by Crippen LogP contribution is -2.37. The summed E-state index contributed by atoms with van der Waals surface area (Å²) in [4.78, 5) is 38.3. The summed E-state index contributed by atoms with van der Waals surface area (Å²) in [5, 5.41) is 0. The molecule has 0 aromatic carbocycles. The Morgan fingerprint density at radius 2 is 0.495 bits per heavy atom. The number of rotatable bonds is 90. The second kappa shape index (κ2) is 84.8. The zero-order valence-electron chi connectivity index (χ0n) is 70.6. The Morgan fingerprint density at radius 1 is 0.291 bits per heavy atom. The summed E-state index contributed by atoms with van der Waals surface area (Å²) in [6, 6.07) is 0. The molecule has 2 atom stereocenters. The molecule has 0 spiro atoms. The van der Waals surface area contributed by atoms with Crippen LogP contribution in [0.2, 0.25) is 0 Å². The molecular weight excluding hydrogens is 1290 g/mol. The van der Waals surface area contributed by atoms with Gasteiger partial charge in [-0.25, -0.2) is 0 Å². The number of ether oxygens (including phenoxy) is 2. The number of unbranched alkanes of at least 4 members (excludes halogenated alkanes) is 74. The third-order valence-corrected chi connectivity index (χ3v) is 23.0. The third-order valence-electron chi connectivity index (χ3n) is 22.0. The van der Waals surface area contributed by atoms with E-state index < -0.39 is 26.5 Å². The number of carbonyl (C=O) groups excluding carboxylic acids is 2. The van der Waals surface area contributed by atoms with Gasteiger partial charge in [0.05, 0.1) is 27.7 Å². The lowest BCUT2D eigenvalue weighted by atomic mass is 10.0. The molecular formula is C93H184NO8P. The molecule has 0 aliphatic rings. The van der Waals surface area contributed by atoms with Gasteiger partial charge in [0, 0.05) is 12.8 Å². The van der Waals surface area contributed by atoms with Gasteiger partial charge in [-0.15, -0.1) is 0 Å². The largest absolute Gasteiger partial charge is 0.756 e. The van der Waals surface area contributed by atoms with E-state index in [1.807, 2.05) is 21.1 Å². The van der Waals surface area contributed by atoms with Crippen LogP contribution in [0.15, 0.2) is 12.2 Å². The molecule has 0 saturated heterocycles. The molecule has 0 N–H and O–H groups in total. The highest BCUT2D eigenvalue weighted by Gasteiger charge is 2.22. The lowest BCUT2D eigenvalue weighted by Gasteiger charge is -2.28. The van der Waals surface area contributed by atoms with Gasteiger partial charge in [-0.3, -0.25) is 14.2 Å². The van der Waals surface area contributed by atoms with E-state index in [2.05, 4.69) is 26.0 Å². The van der Waals surface area contributed by atoms with Crippen molar-refractivity contribution in [3.8, 4) is 0 Å². The summed E-state index contributed by atoms with van der Waals surface area (Å²) in [5.74, 6) is -0.799. The van der Waals surface area contributed by atoms with E-state index in [1.165, 1.54) is 456 Å². The van der Waals surface area contributed by atoms with Crippen LogP contribution in [-0.2, 0) is 32.7 Å². The van der Waals surface area contributed by atoms with E-state index >= 15 is 0 Å². The normalized spacial score (nSPS) is 12.9. The lowest BCUT2D eigenvalue weighted by molar-refractivity contribution is -0.870. The Bertz CT molecular complexity index is 1740. The maximum atomic E-state index is 12.9. The van der Waals surface area contributed by atoms with E-state index in [4.69, 9.17) is 18.5 Å². The number of hydrogen-bond acceptors (Lipinski definition) is 8. The van der Waals surface area contributed by atoms with Crippen LogP contribution in [0.25, 0.3) is 0 Å². The van der Waals surface area contributed by atoms with Gasteiger partial charge < -0.3 is 27.9 Å². The van der Waals surface area contributed by atoms with Crippen LogP contribution < -0.4 is 4.89 Å². The predicted molar refractivity (Wildman–Crippen MR) is 448 cm³/mol. The van der Waals surface area contributed by atoms with E-state index in [-0.39, 0.29) is 32.0 Å². The van der Waals surface area contributed by atoms with Gasteiger partial charge in [0.2, 0.25) is 0 Å². The summed E-state index contributed by atoms with van der Waals surface area (Å²) >= 11 is 0. The molecule has 0 heterocycles. The summed E-state index contributed by atoms with van der Waals surface area (Å²) in [7, 11) is 1.20. The maximum absolute atomic E-state index is 12.9. The van der Waals surface area contributed by atoms with Crippen molar-refractivity contribution in [3.05, 3.63) is 12.2 Å². The number of quaternary nitrogens is 1. The quantitative estimate of drug-likeness (QED) is 0.0195. The van der Waals surface area contributed by atoms with Crippen molar-refractivity contribution in [3.63, 3.8) is 0 Å². The maximum Gasteiger partial charge on any atom is 0.306 e. The second-order valence-electron chi connectivity index (χ2n) is 33.7. The Kier molecular flexibility index (Phi) is 83.7. The minimum Gasteiger partial charge on any atom is -0.756 e. The van der Waals surface area contributed by atoms with Crippen LogP contribution in [0.4, 0.5) is 0 Å². The number of hydrogen-bond donors (Lipinski definition) is 0. The van der Waals surface area contributed by atoms with E-state index in [9.17, 15) is 19.0 Å².